The summed E-state index contributed by atoms with van der Waals surface area (Å²) in [5, 5.41) is 16.6. The number of anilines is 1. The number of rotatable bonds is 6. The largest absolute Gasteiger partial charge is 0.492 e. The van der Waals surface area contributed by atoms with E-state index in [0.29, 0.717) is 28.9 Å². The molecule has 0 N–H and O–H groups in total. The van der Waals surface area contributed by atoms with Crippen molar-refractivity contribution in [1.29, 1.82) is 0 Å². The summed E-state index contributed by atoms with van der Waals surface area (Å²) >= 11 is 4.79. The molecule has 0 saturated carbocycles. The molecule has 0 fully saturated rings. The molecule has 1 unspecified atom stereocenters. The number of carbonyl (C=O) groups excluding carboxylic acids is 1. The van der Waals surface area contributed by atoms with Crippen molar-refractivity contribution in [3.8, 4) is 17.0 Å². The zero-order valence-electron chi connectivity index (χ0n) is 16.3. The molecule has 1 aliphatic rings. The Labute approximate surface area is 186 Å². The Morgan fingerprint density at radius 3 is 2.73 bits per heavy atom. The smallest absolute Gasteiger partial charge is 0.282 e. The molecule has 4 rings (SSSR count). The van der Waals surface area contributed by atoms with Gasteiger partial charge in [-0.1, -0.05) is 40.2 Å². The number of hydrogen-bond acceptors (Lipinski definition) is 7. The van der Waals surface area contributed by atoms with Crippen LogP contribution in [0.2, 0.25) is 0 Å². The third-order valence-electron chi connectivity index (χ3n) is 4.36. The molecular formula is C21H18BrN5O2S. The normalized spacial score (nSPS) is 16.4. The monoisotopic (exact) mass is 483 g/mol. The fourth-order valence-electron chi connectivity index (χ4n) is 2.88. The molecule has 1 aliphatic heterocycles. The minimum Gasteiger partial charge on any atom is -0.492 e. The average molecular weight is 484 g/mol. The van der Waals surface area contributed by atoms with Gasteiger partial charge in [-0.2, -0.15) is 20.3 Å². The third-order valence-corrected chi connectivity index (χ3v) is 5.70. The number of nitrogens with zero attached hydrogens (tertiary/aromatic N) is 5. The fourth-order valence-corrected chi connectivity index (χ4v) is 3.93. The molecule has 0 saturated heterocycles. The first-order valence-electron chi connectivity index (χ1n) is 9.30. The van der Waals surface area contributed by atoms with Gasteiger partial charge >= 0.3 is 0 Å². The number of aromatic nitrogens is 1. The van der Waals surface area contributed by atoms with Crippen molar-refractivity contribution < 1.29 is 9.53 Å². The van der Waals surface area contributed by atoms with E-state index in [1.807, 2.05) is 54.8 Å². The van der Waals surface area contributed by atoms with Gasteiger partial charge in [0, 0.05) is 15.4 Å². The molecule has 0 radical (unpaired) electrons. The average Bonchev–Trinajstić information content (AvgIpc) is 3.33. The Morgan fingerprint density at radius 2 is 1.97 bits per heavy atom. The quantitative estimate of drug-likeness (QED) is 0.412. The molecule has 0 aliphatic carbocycles. The Balaban J connectivity index is 1.54. The summed E-state index contributed by atoms with van der Waals surface area (Å²) in [6, 6.07) is 14.4. The maximum atomic E-state index is 12.9. The summed E-state index contributed by atoms with van der Waals surface area (Å²) in [6.07, 6.45) is 0. The lowest BCUT2D eigenvalue weighted by Crippen LogP contribution is -2.29. The van der Waals surface area contributed by atoms with Gasteiger partial charge in [0.15, 0.2) is 6.04 Å². The number of azo groups is 1. The van der Waals surface area contributed by atoms with E-state index in [1.165, 1.54) is 16.3 Å². The van der Waals surface area contributed by atoms with Gasteiger partial charge in [0.2, 0.25) is 5.13 Å². The molecule has 152 valence electrons. The van der Waals surface area contributed by atoms with E-state index in [-0.39, 0.29) is 5.91 Å². The number of ether oxygens (including phenoxy) is 1. The number of hydrazone groups is 1. The number of carbonyl (C=O) groups is 1. The van der Waals surface area contributed by atoms with Gasteiger partial charge in [-0.3, -0.25) is 4.79 Å². The molecule has 0 spiro atoms. The van der Waals surface area contributed by atoms with Crippen molar-refractivity contribution in [3.63, 3.8) is 0 Å². The van der Waals surface area contributed by atoms with Crippen molar-refractivity contribution in [1.82, 2.24) is 4.98 Å². The lowest BCUT2D eigenvalue weighted by Gasteiger charge is -2.08. The van der Waals surface area contributed by atoms with Gasteiger partial charge < -0.3 is 4.74 Å². The predicted octanol–water partition coefficient (Wildman–Crippen LogP) is 5.85. The van der Waals surface area contributed by atoms with Crippen molar-refractivity contribution in [2.75, 3.05) is 11.6 Å². The first kappa shape index (κ1) is 20.4. The second-order valence-electron chi connectivity index (χ2n) is 6.43. The van der Waals surface area contributed by atoms with Crippen LogP contribution in [0.15, 0.2) is 73.7 Å². The molecule has 1 amide bonds. The maximum absolute atomic E-state index is 12.9. The number of para-hydroxylation sites is 1. The highest BCUT2D eigenvalue weighted by Crippen LogP contribution is 2.32. The van der Waals surface area contributed by atoms with E-state index in [2.05, 4.69) is 36.2 Å². The minimum absolute atomic E-state index is 0.276. The maximum Gasteiger partial charge on any atom is 0.282 e. The van der Waals surface area contributed by atoms with E-state index in [0.717, 1.165) is 15.7 Å². The van der Waals surface area contributed by atoms with Crippen molar-refractivity contribution in [2.45, 2.75) is 19.9 Å². The number of benzene rings is 2. The third kappa shape index (κ3) is 4.17. The summed E-state index contributed by atoms with van der Waals surface area (Å²) in [5.41, 5.74) is 2.90. The van der Waals surface area contributed by atoms with Crippen LogP contribution in [0.4, 0.5) is 10.8 Å². The van der Waals surface area contributed by atoms with Crippen LogP contribution in [0.1, 0.15) is 13.8 Å². The number of thiazole rings is 1. The number of amides is 1. The van der Waals surface area contributed by atoms with Gasteiger partial charge in [-0.25, -0.2) is 4.98 Å². The SMILES string of the molecule is CCOc1ccccc1N=NC1C(=O)N(c2nc(-c3ccc(Br)cc3)cs2)N=C1C. The van der Waals surface area contributed by atoms with Crippen molar-refractivity contribution in [3.05, 3.63) is 58.4 Å². The Hall–Kier alpha value is -2.91. The molecule has 1 aromatic heterocycles. The van der Waals surface area contributed by atoms with E-state index < -0.39 is 6.04 Å². The summed E-state index contributed by atoms with van der Waals surface area (Å²) < 4.78 is 6.55. The molecule has 0 bridgehead atoms. The molecule has 2 heterocycles. The van der Waals surface area contributed by atoms with Crippen LogP contribution in [-0.4, -0.2) is 29.3 Å². The molecule has 1 atom stereocenters. The van der Waals surface area contributed by atoms with Crippen molar-refractivity contribution >= 4 is 49.7 Å². The lowest BCUT2D eigenvalue weighted by molar-refractivity contribution is -0.117. The summed E-state index contributed by atoms with van der Waals surface area (Å²) in [6.45, 7) is 4.19. The minimum atomic E-state index is -0.778. The Bertz CT molecular complexity index is 1130. The molecule has 9 heteroatoms. The zero-order chi connectivity index (χ0) is 21.1. The highest BCUT2D eigenvalue weighted by atomic mass is 79.9. The van der Waals surface area contributed by atoms with Crippen LogP contribution in [0.5, 0.6) is 5.75 Å². The number of halogens is 1. The molecule has 7 nitrogen and oxygen atoms in total. The van der Waals surface area contributed by atoms with E-state index in [9.17, 15) is 4.79 Å². The molecule has 30 heavy (non-hydrogen) atoms. The standard InChI is InChI=1S/C21H18BrN5O2S/c1-3-29-18-7-5-4-6-16(18)24-25-19-13(2)26-27(20(19)28)21-23-17(12-30-21)14-8-10-15(22)11-9-14/h4-12,19H,3H2,1-2H3. The second kappa shape index (κ2) is 8.85. The molecule has 3 aromatic rings. The van der Waals surface area contributed by atoms with Crippen molar-refractivity contribution in [2.24, 2.45) is 15.3 Å². The van der Waals surface area contributed by atoms with Gasteiger partial charge in [-0.05, 0) is 38.1 Å². The van der Waals surface area contributed by atoms with Crippen LogP contribution in [0.25, 0.3) is 11.3 Å². The number of hydrogen-bond donors (Lipinski definition) is 0. The topological polar surface area (TPSA) is 79.5 Å². The highest BCUT2D eigenvalue weighted by molar-refractivity contribution is 9.10. The van der Waals surface area contributed by atoms with Crippen LogP contribution < -0.4 is 9.75 Å². The van der Waals surface area contributed by atoms with Gasteiger partial charge in [0.1, 0.15) is 11.4 Å². The van der Waals surface area contributed by atoms with E-state index in [1.54, 1.807) is 13.0 Å². The van der Waals surface area contributed by atoms with E-state index >= 15 is 0 Å². The highest BCUT2D eigenvalue weighted by Gasteiger charge is 2.36. The fraction of sp³-hybridized carbons (Fsp3) is 0.190. The van der Waals surface area contributed by atoms with Crippen LogP contribution >= 0.6 is 27.3 Å². The van der Waals surface area contributed by atoms with Gasteiger partial charge in [0.05, 0.1) is 18.0 Å². The first-order chi connectivity index (χ1) is 14.6. The molecule has 2 aromatic carbocycles. The zero-order valence-corrected chi connectivity index (χ0v) is 18.7. The predicted molar refractivity (Wildman–Crippen MR) is 122 cm³/mol. The van der Waals surface area contributed by atoms with Crippen LogP contribution in [0, 0.1) is 0 Å². The molecular weight excluding hydrogens is 466 g/mol. The van der Waals surface area contributed by atoms with Crippen LogP contribution in [0.3, 0.4) is 0 Å². The lowest BCUT2D eigenvalue weighted by atomic mass is 10.2. The van der Waals surface area contributed by atoms with Gasteiger partial charge in [0.25, 0.3) is 5.91 Å². The second-order valence-corrected chi connectivity index (χ2v) is 8.18. The van der Waals surface area contributed by atoms with Crippen LogP contribution in [-0.2, 0) is 4.79 Å². The summed E-state index contributed by atoms with van der Waals surface area (Å²) in [7, 11) is 0. The van der Waals surface area contributed by atoms with Gasteiger partial charge in [-0.15, -0.1) is 11.3 Å². The Kier molecular flexibility index (Phi) is 6.01. The summed E-state index contributed by atoms with van der Waals surface area (Å²) in [4.78, 5) is 17.5. The summed E-state index contributed by atoms with van der Waals surface area (Å²) in [5.74, 6) is 0.349. The Morgan fingerprint density at radius 1 is 1.20 bits per heavy atom. The van der Waals surface area contributed by atoms with E-state index in [4.69, 9.17) is 4.74 Å². The first-order valence-corrected chi connectivity index (χ1v) is 11.0.